The summed E-state index contributed by atoms with van der Waals surface area (Å²) < 4.78 is 0. The standard InChI is InChI=1S/C8H12Cl2O/c1-2-3-4-8(11)5-7(10)6-9/h5H,2-4,6H2,1H3. The minimum Gasteiger partial charge on any atom is -0.295 e. The van der Waals surface area contributed by atoms with Gasteiger partial charge in [0.15, 0.2) is 5.78 Å². The summed E-state index contributed by atoms with van der Waals surface area (Å²) in [7, 11) is 0. The number of rotatable bonds is 5. The molecule has 0 heterocycles. The molecule has 0 unspecified atom stereocenters. The lowest BCUT2D eigenvalue weighted by Gasteiger charge is -1.92. The van der Waals surface area contributed by atoms with Gasteiger partial charge >= 0.3 is 0 Å². The second-order valence-corrected chi connectivity index (χ2v) is 3.05. The number of carbonyl (C=O) groups is 1. The molecular formula is C8H12Cl2O. The quantitative estimate of drug-likeness (QED) is 0.486. The van der Waals surface area contributed by atoms with E-state index in [1.165, 1.54) is 6.08 Å². The van der Waals surface area contributed by atoms with Crippen molar-refractivity contribution in [1.82, 2.24) is 0 Å². The third-order valence-electron chi connectivity index (χ3n) is 1.22. The largest absolute Gasteiger partial charge is 0.295 e. The first-order chi connectivity index (χ1) is 5.20. The van der Waals surface area contributed by atoms with Gasteiger partial charge in [0.1, 0.15) is 0 Å². The normalized spacial score (nSPS) is 11.7. The highest BCUT2D eigenvalue weighted by Crippen LogP contribution is 2.05. The lowest BCUT2D eigenvalue weighted by Crippen LogP contribution is -1.93. The molecule has 1 nitrogen and oxygen atoms in total. The second kappa shape index (κ2) is 6.68. The fourth-order valence-electron chi connectivity index (χ4n) is 0.636. The van der Waals surface area contributed by atoms with Crippen LogP contribution < -0.4 is 0 Å². The van der Waals surface area contributed by atoms with Crippen molar-refractivity contribution in [1.29, 1.82) is 0 Å². The number of unbranched alkanes of at least 4 members (excludes halogenated alkanes) is 1. The van der Waals surface area contributed by atoms with Crippen molar-refractivity contribution >= 4 is 29.0 Å². The minimum atomic E-state index is 0.0671. The molecule has 0 saturated carbocycles. The van der Waals surface area contributed by atoms with Gasteiger partial charge < -0.3 is 0 Å². The number of carbonyl (C=O) groups excluding carboxylic acids is 1. The zero-order chi connectivity index (χ0) is 8.69. The molecule has 64 valence electrons. The molecule has 0 aliphatic rings. The Morgan fingerprint density at radius 3 is 2.64 bits per heavy atom. The predicted molar refractivity (Wildman–Crippen MR) is 49.2 cm³/mol. The molecular weight excluding hydrogens is 183 g/mol. The Balaban J connectivity index is 3.67. The number of hydrogen-bond donors (Lipinski definition) is 0. The summed E-state index contributed by atoms with van der Waals surface area (Å²) in [5, 5.41) is 0.424. The van der Waals surface area contributed by atoms with Crippen LogP contribution in [0.3, 0.4) is 0 Å². The van der Waals surface area contributed by atoms with Crippen LogP contribution in [0.5, 0.6) is 0 Å². The molecule has 0 N–H and O–H groups in total. The zero-order valence-electron chi connectivity index (χ0n) is 6.57. The predicted octanol–water partition coefficient (Wildman–Crippen LogP) is 3.11. The highest BCUT2D eigenvalue weighted by atomic mass is 35.5. The molecule has 0 amide bonds. The van der Waals surface area contributed by atoms with Gasteiger partial charge in [-0.3, -0.25) is 4.79 Å². The summed E-state index contributed by atoms with van der Waals surface area (Å²) in [6, 6.07) is 0. The molecule has 0 rings (SSSR count). The third kappa shape index (κ3) is 6.39. The van der Waals surface area contributed by atoms with E-state index in [0.29, 0.717) is 11.5 Å². The van der Waals surface area contributed by atoms with Crippen LogP contribution in [0.4, 0.5) is 0 Å². The smallest absolute Gasteiger partial charge is 0.156 e. The molecule has 3 heteroatoms. The summed E-state index contributed by atoms with van der Waals surface area (Å²) in [6.07, 6.45) is 3.92. The summed E-state index contributed by atoms with van der Waals surface area (Å²) >= 11 is 10.9. The Morgan fingerprint density at radius 2 is 2.18 bits per heavy atom. The minimum absolute atomic E-state index is 0.0671. The Hall–Kier alpha value is -0.0100. The van der Waals surface area contributed by atoms with E-state index in [2.05, 4.69) is 0 Å². The van der Waals surface area contributed by atoms with Gasteiger partial charge in [-0.25, -0.2) is 0 Å². The van der Waals surface area contributed by atoms with Crippen LogP contribution in [0.15, 0.2) is 11.1 Å². The SMILES string of the molecule is CCCCC(=O)C=C(Cl)CCl. The van der Waals surface area contributed by atoms with Gasteiger partial charge in [-0.2, -0.15) is 0 Å². The molecule has 11 heavy (non-hydrogen) atoms. The highest BCUT2D eigenvalue weighted by Gasteiger charge is 1.97. The van der Waals surface area contributed by atoms with E-state index in [4.69, 9.17) is 23.2 Å². The third-order valence-corrected chi connectivity index (χ3v) is 1.89. The van der Waals surface area contributed by atoms with Crippen LogP contribution in [-0.2, 0) is 4.79 Å². The molecule has 0 atom stereocenters. The fourth-order valence-corrected chi connectivity index (χ4v) is 0.835. The van der Waals surface area contributed by atoms with Crippen LogP contribution in [0.2, 0.25) is 0 Å². The van der Waals surface area contributed by atoms with Crippen LogP contribution in [0.25, 0.3) is 0 Å². The topological polar surface area (TPSA) is 17.1 Å². The number of allylic oxidation sites excluding steroid dienone is 2. The van der Waals surface area contributed by atoms with Gasteiger partial charge in [-0.1, -0.05) is 24.9 Å². The first-order valence-corrected chi connectivity index (χ1v) is 4.56. The average Bonchev–Trinajstić information content (AvgIpc) is 2.00. The average molecular weight is 195 g/mol. The van der Waals surface area contributed by atoms with Crippen molar-refractivity contribution in [2.45, 2.75) is 26.2 Å². The van der Waals surface area contributed by atoms with Crippen LogP contribution in [-0.4, -0.2) is 11.7 Å². The number of hydrogen-bond acceptors (Lipinski definition) is 1. The zero-order valence-corrected chi connectivity index (χ0v) is 8.08. The maximum atomic E-state index is 11.0. The van der Waals surface area contributed by atoms with E-state index in [1.807, 2.05) is 6.92 Å². The summed E-state index contributed by atoms with van der Waals surface area (Å²) in [5.74, 6) is 0.289. The summed E-state index contributed by atoms with van der Waals surface area (Å²) in [5.41, 5.74) is 0. The van der Waals surface area contributed by atoms with Crippen molar-refractivity contribution in [2.75, 3.05) is 5.88 Å². The molecule has 0 aliphatic heterocycles. The monoisotopic (exact) mass is 194 g/mol. The van der Waals surface area contributed by atoms with Crippen LogP contribution >= 0.6 is 23.2 Å². The first kappa shape index (κ1) is 11.0. The van der Waals surface area contributed by atoms with E-state index in [9.17, 15) is 4.79 Å². The Bertz CT molecular complexity index is 152. The number of ketones is 1. The van der Waals surface area contributed by atoms with Gasteiger partial charge in [0, 0.05) is 11.5 Å². The van der Waals surface area contributed by atoms with Crippen molar-refractivity contribution in [2.24, 2.45) is 0 Å². The fraction of sp³-hybridized carbons (Fsp3) is 0.625. The van der Waals surface area contributed by atoms with Gasteiger partial charge in [-0.15, -0.1) is 11.6 Å². The first-order valence-electron chi connectivity index (χ1n) is 3.65. The Labute approximate surface area is 77.4 Å². The molecule has 0 spiro atoms. The van der Waals surface area contributed by atoms with Crippen molar-refractivity contribution in [3.05, 3.63) is 11.1 Å². The molecule has 0 aliphatic carbocycles. The van der Waals surface area contributed by atoms with Gasteiger partial charge in [-0.05, 0) is 12.5 Å². The van der Waals surface area contributed by atoms with Gasteiger partial charge in [0.25, 0.3) is 0 Å². The van der Waals surface area contributed by atoms with Gasteiger partial charge in [0.05, 0.1) is 5.88 Å². The van der Waals surface area contributed by atoms with E-state index >= 15 is 0 Å². The molecule has 0 saturated heterocycles. The second-order valence-electron chi connectivity index (χ2n) is 2.29. The van der Waals surface area contributed by atoms with Crippen LogP contribution in [0, 0.1) is 0 Å². The molecule has 0 aromatic rings. The lowest BCUT2D eigenvalue weighted by atomic mass is 10.2. The Kier molecular flexibility index (Phi) is 6.68. The molecule has 0 radical (unpaired) electrons. The molecule has 0 aromatic carbocycles. The number of alkyl halides is 1. The van der Waals surface area contributed by atoms with Gasteiger partial charge in [0.2, 0.25) is 0 Å². The van der Waals surface area contributed by atoms with Crippen molar-refractivity contribution < 1.29 is 4.79 Å². The summed E-state index contributed by atoms with van der Waals surface area (Å²) in [6.45, 7) is 2.04. The molecule has 0 aromatic heterocycles. The summed E-state index contributed by atoms with van der Waals surface area (Å²) in [4.78, 5) is 11.0. The Morgan fingerprint density at radius 1 is 1.55 bits per heavy atom. The van der Waals surface area contributed by atoms with E-state index in [0.717, 1.165) is 12.8 Å². The molecule has 0 fully saturated rings. The van der Waals surface area contributed by atoms with E-state index in [1.54, 1.807) is 0 Å². The van der Waals surface area contributed by atoms with Crippen molar-refractivity contribution in [3.63, 3.8) is 0 Å². The van der Waals surface area contributed by atoms with Crippen LogP contribution in [0.1, 0.15) is 26.2 Å². The van der Waals surface area contributed by atoms with E-state index < -0.39 is 0 Å². The maximum absolute atomic E-state index is 11.0. The van der Waals surface area contributed by atoms with E-state index in [-0.39, 0.29) is 11.7 Å². The molecule has 0 bridgehead atoms. The highest BCUT2D eigenvalue weighted by molar-refractivity contribution is 6.36. The maximum Gasteiger partial charge on any atom is 0.156 e. The van der Waals surface area contributed by atoms with Crippen molar-refractivity contribution in [3.8, 4) is 0 Å². The number of halogens is 2. The lowest BCUT2D eigenvalue weighted by molar-refractivity contribution is -0.114.